The zero-order chi connectivity index (χ0) is 15.7. The minimum Gasteiger partial charge on any atom is -0.502 e. The molecule has 0 bridgehead atoms. The van der Waals surface area contributed by atoms with E-state index in [2.05, 4.69) is 5.32 Å². The number of nitro groups is 1. The molecule has 0 fully saturated rings. The average Bonchev–Trinajstić information content (AvgIpc) is 2.39. The lowest BCUT2D eigenvalue weighted by molar-refractivity contribution is -0.385. The van der Waals surface area contributed by atoms with Crippen molar-refractivity contribution in [2.75, 3.05) is 12.4 Å². The number of benzene rings is 1. The quantitative estimate of drug-likeness (QED) is 0.433. The standard InChI is InChI=1S/C7H7NO3.C4H6ClNO3/c1-5-2-3-7(9)6(4-5)8(10)11;5-1-3(7)6-2-4(8)9/h2-4,9H,1H3;1-2H2,(H,6,7)(H,8,9). The highest BCUT2D eigenvalue weighted by atomic mass is 35.5. The number of phenolic OH excluding ortho intramolecular Hbond substituents is 1. The first-order valence-corrected chi connectivity index (χ1v) is 5.79. The smallest absolute Gasteiger partial charge is 0.322 e. The lowest BCUT2D eigenvalue weighted by atomic mass is 10.2. The van der Waals surface area contributed by atoms with E-state index in [1.807, 2.05) is 0 Å². The molecule has 0 atom stereocenters. The van der Waals surface area contributed by atoms with Gasteiger partial charge in [0.15, 0.2) is 5.75 Å². The Labute approximate surface area is 119 Å². The van der Waals surface area contributed by atoms with Gasteiger partial charge in [0.2, 0.25) is 5.91 Å². The molecule has 1 amide bonds. The molecule has 0 spiro atoms. The van der Waals surface area contributed by atoms with Gasteiger partial charge in [0.1, 0.15) is 12.4 Å². The van der Waals surface area contributed by atoms with Crippen LogP contribution >= 0.6 is 11.6 Å². The minimum absolute atomic E-state index is 0.201. The first-order chi connectivity index (χ1) is 9.27. The van der Waals surface area contributed by atoms with E-state index in [1.165, 1.54) is 12.1 Å². The number of aliphatic carboxylic acids is 1. The topological polar surface area (TPSA) is 130 Å². The number of nitrogens with zero attached hydrogens (tertiary/aromatic N) is 1. The highest BCUT2D eigenvalue weighted by molar-refractivity contribution is 6.27. The first kappa shape index (κ1) is 17.6. The van der Waals surface area contributed by atoms with Gasteiger partial charge in [-0.1, -0.05) is 6.07 Å². The van der Waals surface area contributed by atoms with Crippen LogP contribution in [-0.4, -0.2) is 39.4 Å². The summed E-state index contributed by atoms with van der Waals surface area (Å²) < 4.78 is 0. The second-order valence-corrected chi connectivity index (χ2v) is 3.82. The second-order valence-electron chi connectivity index (χ2n) is 3.55. The summed E-state index contributed by atoms with van der Waals surface area (Å²) in [7, 11) is 0. The fourth-order valence-electron chi connectivity index (χ4n) is 1.00. The number of aromatic hydroxyl groups is 1. The molecule has 0 aromatic heterocycles. The number of aryl methyl sites for hydroxylation is 1. The van der Waals surface area contributed by atoms with Gasteiger partial charge < -0.3 is 15.5 Å². The molecule has 0 saturated heterocycles. The summed E-state index contributed by atoms with van der Waals surface area (Å²) in [4.78, 5) is 29.6. The molecule has 0 aliphatic rings. The minimum atomic E-state index is -1.08. The molecule has 3 N–H and O–H groups in total. The van der Waals surface area contributed by atoms with Crippen molar-refractivity contribution in [3.05, 3.63) is 33.9 Å². The summed E-state index contributed by atoms with van der Waals surface area (Å²) >= 11 is 5.03. The zero-order valence-corrected chi connectivity index (χ0v) is 11.3. The molecule has 0 unspecified atom stereocenters. The number of hydrogen-bond acceptors (Lipinski definition) is 5. The van der Waals surface area contributed by atoms with Crippen molar-refractivity contribution in [2.45, 2.75) is 6.92 Å². The zero-order valence-electron chi connectivity index (χ0n) is 10.5. The van der Waals surface area contributed by atoms with Crippen LogP contribution < -0.4 is 5.32 Å². The number of carbonyl (C=O) groups excluding carboxylic acids is 1. The van der Waals surface area contributed by atoms with Crippen molar-refractivity contribution >= 4 is 29.2 Å². The number of phenols is 1. The predicted octanol–water partition coefficient (Wildman–Crippen LogP) is 1.03. The van der Waals surface area contributed by atoms with Crippen molar-refractivity contribution in [1.82, 2.24) is 5.32 Å². The van der Waals surface area contributed by atoms with Crippen LogP contribution in [0.15, 0.2) is 18.2 Å². The van der Waals surface area contributed by atoms with Gasteiger partial charge in [-0.2, -0.15) is 0 Å². The van der Waals surface area contributed by atoms with Gasteiger partial charge in [0.05, 0.1) is 4.92 Å². The van der Waals surface area contributed by atoms with Gasteiger partial charge in [-0.25, -0.2) is 0 Å². The third kappa shape index (κ3) is 7.17. The van der Waals surface area contributed by atoms with Crippen molar-refractivity contribution in [3.8, 4) is 5.75 Å². The number of carboxylic acid groups (broad SMARTS) is 1. The van der Waals surface area contributed by atoms with Gasteiger partial charge in [-0.15, -0.1) is 11.6 Å². The number of hydrogen-bond donors (Lipinski definition) is 3. The maximum Gasteiger partial charge on any atom is 0.322 e. The first-order valence-electron chi connectivity index (χ1n) is 5.26. The van der Waals surface area contributed by atoms with Crippen LogP contribution in [0.4, 0.5) is 5.69 Å². The van der Waals surface area contributed by atoms with Crippen molar-refractivity contribution < 1.29 is 24.7 Å². The number of alkyl halides is 1. The number of nitrogens with one attached hydrogen (secondary N) is 1. The number of carbonyl (C=O) groups is 2. The molecule has 0 aliphatic heterocycles. The van der Waals surface area contributed by atoms with Crippen molar-refractivity contribution in [1.29, 1.82) is 0 Å². The van der Waals surface area contributed by atoms with Crippen LogP contribution in [0.25, 0.3) is 0 Å². The Morgan fingerprint density at radius 1 is 1.45 bits per heavy atom. The second kappa shape index (κ2) is 8.70. The molecule has 1 aromatic rings. The predicted molar refractivity (Wildman–Crippen MR) is 70.9 cm³/mol. The van der Waals surface area contributed by atoms with E-state index >= 15 is 0 Å². The van der Waals surface area contributed by atoms with Gasteiger partial charge >= 0.3 is 11.7 Å². The van der Waals surface area contributed by atoms with E-state index in [1.54, 1.807) is 13.0 Å². The number of rotatable bonds is 4. The SMILES string of the molecule is Cc1ccc(O)c([N+](=O)[O-])c1.O=C(O)CNC(=O)CCl. The summed E-state index contributed by atoms with van der Waals surface area (Å²) in [6.07, 6.45) is 0. The molecule has 0 radical (unpaired) electrons. The number of amides is 1. The third-order valence-electron chi connectivity index (χ3n) is 1.89. The summed E-state index contributed by atoms with van der Waals surface area (Å²) in [5.41, 5.74) is 0.513. The van der Waals surface area contributed by atoms with Crippen LogP contribution in [0.1, 0.15) is 5.56 Å². The normalized spacial score (nSPS) is 9.10. The molecule has 1 rings (SSSR count). The number of carboxylic acids is 1. The lowest BCUT2D eigenvalue weighted by Crippen LogP contribution is -2.29. The van der Waals surface area contributed by atoms with Crippen LogP contribution in [0.2, 0.25) is 0 Å². The molecular weight excluding hydrogens is 292 g/mol. The Morgan fingerprint density at radius 2 is 2.05 bits per heavy atom. The van der Waals surface area contributed by atoms with E-state index in [0.29, 0.717) is 0 Å². The molecule has 1 aromatic carbocycles. The van der Waals surface area contributed by atoms with E-state index in [0.717, 1.165) is 5.56 Å². The average molecular weight is 305 g/mol. The maximum atomic E-state index is 10.2. The fourth-order valence-corrected chi connectivity index (χ4v) is 1.10. The molecule has 8 nitrogen and oxygen atoms in total. The molecule has 0 saturated carbocycles. The van der Waals surface area contributed by atoms with Gasteiger partial charge in [-0.05, 0) is 18.6 Å². The molecule has 20 heavy (non-hydrogen) atoms. The van der Waals surface area contributed by atoms with Gasteiger partial charge in [0, 0.05) is 6.07 Å². The van der Waals surface area contributed by atoms with Crippen LogP contribution in [0.5, 0.6) is 5.75 Å². The largest absolute Gasteiger partial charge is 0.502 e. The van der Waals surface area contributed by atoms with Crippen molar-refractivity contribution in [3.63, 3.8) is 0 Å². The Kier molecular flexibility index (Phi) is 7.68. The van der Waals surface area contributed by atoms with E-state index in [4.69, 9.17) is 21.8 Å². The molecule has 9 heteroatoms. The molecule has 110 valence electrons. The number of halogens is 1. The Hall–Kier alpha value is -2.35. The maximum absolute atomic E-state index is 10.2. The van der Waals surface area contributed by atoms with Crippen LogP contribution in [0.3, 0.4) is 0 Å². The highest BCUT2D eigenvalue weighted by Crippen LogP contribution is 2.25. The summed E-state index contributed by atoms with van der Waals surface area (Å²) in [5, 5.41) is 29.2. The summed E-state index contributed by atoms with van der Waals surface area (Å²) in [5.74, 6) is -2.04. The fraction of sp³-hybridized carbons (Fsp3) is 0.273. The van der Waals surface area contributed by atoms with Crippen LogP contribution in [0, 0.1) is 17.0 Å². The van der Waals surface area contributed by atoms with Crippen molar-refractivity contribution in [2.24, 2.45) is 0 Å². The summed E-state index contributed by atoms with van der Waals surface area (Å²) in [6.45, 7) is 1.36. The lowest BCUT2D eigenvalue weighted by Gasteiger charge is -1.95. The number of nitro benzene ring substituents is 1. The van der Waals surface area contributed by atoms with E-state index in [9.17, 15) is 19.7 Å². The molecule has 0 heterocycles. The van der Waals surface area contributed by atoms with Crippen LogP contribution in [-0.2, 0) is 9.59 Å². The Bertz CT molecular complexity index is 506. The molecular formula is C11H13ClN2O6. The van der Waals surface area contributed by atoms with Gasteiger partial charge in [-0.3, -0.25) is 19.7 Å². The van der Waals surface area contributed by atoms with E-state index in [-0.39, 0.29) is 23.9 Å². The van der Waals surface area contributed by atoms with E-state index < -0.39 is 16.8 Å². The summed E-state index contributed by atoms with van der Waals surface area (Å²) in [6, 6.07) is 4.26. The highest BCUT2D eigenvalue weighted by Gasteiger charge is 2.11. The Morgan fingerprint density at radius 3 is 2.45 bits per heavy atom. The van der Waals surface area contributed by atoms with Gasteiger partial charge in [0.25, 0.3) is 0 Å². The third-order valence-corrected chi connectivity index (χ3v) is 2.13. The monoisotopic (exact) mass is 304 g/mol. The molecule has 0 aliphatic carbocycles. The Balaban J connectivity index is 0.000000370.